The van der Waals surface area contributed by atoms with Gasteiger partial charge in [-0.15, -0.1) is 15.2 Å². The van der Waals surface area contributed by atoms with Gasteiger partial charge in [0.15, 0.2) is 5.82 Å². The number of tetrazole rings is 1. The molecule has 0 unspecified atom stereocenters. The molecule has 0 radical (unpaired) electrons. The van der Waals surface area contributed by atoms with Crippen LogP contribution < -0.4 is 14.8 Å². The first-order valence-corrected chi connectivity index (χ1v) is 4.62. The van der Waals surface area contributed by atoms with E-state index in [1.54, 1.807) is 0 Å². The maximum atomic E-state index is 4.90. The van der Waals surface area contributed by atoms with Gasteiger partial charge >= 0.3 is 12.0 Å². The number of ether oxygens (including phenoxy) is 2. The summed E-state index contributed by atoms with van der Waals surface area (Å²) < 4.78 is 9.80. The molecule has 0 aromatic carbocycles. The van der Waals surface area contributed by atoms with Gasteiger partial charge in [-0.1, -0.05) is 5.21 Å². The number of H-pyrrole nitrogens is 1. The van der Waals surface area contributed by atoms with Crippen LogP contribution in [0.5, 0.6) is 12.0 Å². The molecule has 0 saturated carbocycles. The van der Waals surface area contributed by atoms with Crippen molar-refractivity contribution in [2.75, 3.05) is 19.5 Å². The second kappa shape index (κ2) is 5.01. The Bertz CT molecular complexity index is 450. The molecule has 0 fully saturated rings. The van der Waals surface area contributed by atoms with Gasteiger partial charge in [-0.25, -0.2) is 0 Å². The maximum absolute atomic E-state index is 4.90. The van der Waals surface area contributed by atoms with E-state index in [2.05, 4.69) is 40.9 Å². The Balaban J connectivity index is 2.09. The van der Waals surface area contributed by atoms with Gasteiger partial charge in [0.2, 0.25) is 5.95 Å². The fraction of sp³-hybridized carbons (Fsp3) is 0.429. The summed E-state index contributed by atoms with van der Waals surface area (Å²) in [5, 5.41) is 16.2. The molecule has 2 heterocycles. The normalized spacial score (nSPS) is 10.0. The minimum Gasteiger partial charge on any atom is -0.467 e. The van der Waals surface area contributed by atoms with E-state index in [9.17, 15) is 0 Å². The third-order valence-electron chi connectivity index (χ3n) is 1.75. The number of anilines is 1. The summed E-state index contributed by atoms with van der Waals surface area (Å²) in [5.41, 5.74) is 0. The molecular formula is C7H10N8O2. The van der Waals surface area contributed by atoms with Gasteiger partial charge in [-0.3, -0.25) is 0 Å². The first kappa shape index (κ1) is 11.0. The smallest absolute Gasteiger partial charge is 0.324 e. The van der Waals surface area contributed by atoms with Crippen LogP contribution >= 0.6 is 0 Å². The summed E-state index contributed by atoms with van der Waals surface area (Å²) in [4.78, 5) is 11.8. The highest BCUT2D eigenvalue weighted by molar-refractivity contribution is 5.27. The van der Waals surface area contributed by atoms with Crippen LogP contribution in [0.2, 0.25) is 0 Å². The predicted molar refractivity (Wildman–Crippen MR) is 54.4 cm³/mol. The molecule has 0 aliphatic heterocycles. The number of hydrogen-bond donors (Lipinski definition) is 2. The molecule has 10 nitrogen and oxygen atoms in total. The van der Waals surface area contributed by atoms with E-state index in [1.807, 2.05) is 0 Å². The van der Waals surface area contributed by atoms with E-state index < -0.39 is 0 Å². The van der Waals surface area contributed by atoms with E-state index in [-0.39, 0.29) is 12.0 Å². The SMILES string of the molecule is COc1nc(NCc2nn[nH]n2)nc(OC)n1. The Kier molecular flexibility index (Phi) is 3.23. The van der Waals surface area contributed by atoms with Crippen molar-refractivity contribution in [2.24, 2.45) is 0 Å². The van der Waals surface area contributed by atoms with Gasteiger partial charge in [0.05, 0.1) is 20.8 Å². The quantitative estimate of drug-likeness (QED) is 0.675. The van der Waals surface area contributed by atoms with Crippen LogP contribution in [0.25, 0.3) is 0 Å². The summed E-state index contributed by atoms with van der Waals surface area (Å²) in [6.07, 6.45) is 0. The largest absolute Gasteiger partial charge is 0.467 e. The topological polar surface area (TPSA) is 124 Å². The highest BCUT2D eigenvalue weighted by Crippen LogP contribution is 2.12. The molecule has 0 spiro atoms. The molecule has 2 aromatic rings. The molecule has 0 aliphatic rings. The van der Waals surface area contributed by atoms with Crippen LogP contribution in [0.1, 0.15) is 5.82 Å². The van der Waals surface area contributed by atoms with E-state index in [1.165, 1.54) is 14.2 Å². The van der Waals surface area contributed by atoms with Crippen LogP contribution in [0.15, 0.2) is 0 Å². The summed E-state index contributed by atoms with van der Waals surface area (Å²) in [5.74, 6) is 0.793. The zero-order valence-electron chi connectivity index (χ0n) is 9.21. The molecule has 0 aliphatic carbocycles. The van der Waals surface area contributed by atoms with Gasteiger partial charge in [0.25, 0.3) is 0 Å². The van der Waals surface area contributed by atoms with Crippen molar-refractivity contribution in [3.05, 3.63) is 5.82 Å². The molecule has 0 bridgehead atoms. The molecular weight excluding hydrogens is 228 g/mol. The monoisotopic (exact) mass is 238 g/mol. The standard InChI is InChI=1S/C7H10N8O2/c1-16-6-9-5(10-7(11-6)17-2)8-3-4-12-14-15-13-4/h3H2,1-2H3,(H,8,9,10,11)(H,12,13,14,15). The number of rotatable bonds is 5. The highest BCUT2D eigenvalue weighted by Gasteiger charge is 2.07. The molecule has 2 N–H and O–H groups in total. The minimum atomic E-state index is 0.160. The lowest BCUT2D eigenvalue weighted by Gasteiger charge is -2.05. The van der Waals surface area contributed by atoms with E-state index in [0.717, 1.165) is 0 Å². The van der Waals surface area contributed by atoms with Crippen LogP contribution in [0.4, 0.5) is 5.95 Å². The lowest BCUT2D eigenvalue weighted by molar-refractivity contribution is 0.341. The van der Waals surface area contributed by atoms with Crippen molar-refractivity contribution in [3.63, 3.8) is 0 Å². The van der Waals surface area contributed by atoms with Crippen molar-refractivity contribution < 1.29 is 9.47 Å². The van der Waals surface area contributed by atoms with Gasteiger partial charge in [-0.2, -0.15) is 15.2 Å². The average Bonchev–Trinajstić information content (AvgIpc) is 2.89. The molecule has 2 aromatic heterocycles. The lowest BCUT2D eigenvalue weighted by atomic mass is 10.6. The van der Waals surface area contributed by atoms with Crippen molar-refractivity contribution in [1.29, 1.82) is 0 Å². The predicted octanol–water partition coefficient (Wildman–Crippen LogP) is -0.986. The third-order valence-corrected chi connectivity index (χ3v) is 1.75. The second-order valence-corrected chi connectivity index (χ2v) is 2.81. The average molecular weight is 238 g/mol. The van der Waals surface area contributed by atoms with Crippen LogP contribution in [-0.2, 0) is 6.54 Å². The van der Waals surface area contributed by atoms with E-state index in [4.69, 9.17) is 9.47 Å². The van der Waals surface area contributed by atoms with Crippen molar-refractivity contribution in [2.45, 2.75) is 6.54 Å². The molecule has 0 amide bonds. The Morgan fingerprint density at radius 1 is 1.12 bits per heavy atom. The fourth-order valence-corrected chi connectivity index (χ4v) is 1.02. The summed E-state index contributed by atoms with van der Waals surface area (Å²) in [6.45, 7) is 0.326. The van der Waals surface area contributed by atoms with Crippen LogP contribution in [-0.4, -0.2) is 49.8 Å². The third kappa shape index (κ3) is 2.74. The Hall–Kier alpha value is -2.52. The van der Waals surface area contributed by atoms with Crippen LogP contribution in [0, 0.1) is 0 Å². The van der Waals surface area contributed by atoms with E-state index >= 15 is 0 Å². The summed E-state index contributed by atoms with van der Waals surface area (Å²) in [7, 11) is 2.91. The van der Waals surface area contributed by atoms with E-state index in [0.29, 0.717) is 18.3 Å². The number of aromatic nitrogens is 7. The van der Waals surface area contributed by atoms with Crippen molar-refractivity contribution in [3.8, 4) is 12.0 Å². The zero-order chi connectivity index (χ0) is 12.1. The van der Waals surface area contributed by atoms with Gasteiger partial charge in [0.1, 0.15) is 0 Å². The molecule has 90 valence electrons. The lowest BCUT2D eigenvalue weighted by Crippen LogP contribution is -2.08. The molecule has 2 rings (SSSR count). The Morgan fingerprint density at radius 2 is 1.82 bits per heavy atom. The number of hydrogen-bond acceptors (Lipinski definition) is 9. The van der Waals surface area contributed by atoms with Gasteiger partial charge in [0, 0.05) is 0 Å². The van der Waals surface area contributed by atoms with Crippen LogP contribution in [0.3, 0.4) is 0 Å². The number of nitrogens with zero attached hydrogens (tertiary/aromatic N) is 6. The first-order chi connectivity index (χ1) is 8.31. The first-order valence-electron chi connectivity index (χ1n) is 4.62. The Morgan fingerprint density at radius 3 is 2.35 bits per heavy atom. The van der Waals surface area contributed by atoms with Gasteiger partial charge in [-0.05, 0) is 0 Å². The van der Waals surface area contributed by atoms with Gasteiger partial charge < -0.3 is 14.8 Å². The summed E-state index contributed by atoms with van der Waals surface area (Å²) >= 11 is 0. The number of nitrogens with one attached hydrogen (secondary N) is 2. The minimum absolute atomic E-state index is 0.160. The number of aromatic amines is 1. The van der Waals surface area contributed by atoms with Crippen molar-refractivity contribution in [1.82, 2.24) is 35.6 Å². The molecule has 0 saturated heterocycles. The van der Waals surface area contributed by atoms with Crippen molar-refractivity contribution >= 4 is 5.95 Å². The molecule has 0 atom stereocenters. The zero-order valence-corrected chi connectivity index (χ0v) is 9.21. The molecule has 10 heteroatoms. The highest BCUT2D eigenvalue weighted by atomic mass is 16.5. The number of methoxy groups -OCH3 is 2. The maximum Gasteiger partial charge on any atom is 0.324 e. The second-order valence-electron chi connectivity index (χ2n) is 2.81. The molecule has 17 heavy (non-hydrogen) atoms. The summed E-state index contributed by atoms with van der Waals surface area (Å²) in [6, 6.07) is 0.319. The fourth-order valence-electron chi connectivity index (χ4n) is 1.02. The Labute approximate surface area is 95.8 Å².